The van der Waals surface area contributed by atoms with Crippen molar-refractivity contribution >= 4 is 5.97 Å². The summed E-state index contributed by atoms with van der Waals surface area (Å²) in [5.74, 6) is -0.865. The highest BCUT2D eigenvalue weighted by atomic mass is 19.1. The summed E-state index contributed by atoms with van der Waals surface area (Å²) in [4.78, 5) is 13.0. The molecule has 0 bridgehead atoms. The van der Waals surface area contributed by atoms with Crippen molar-refractivity contribution in [1.29, 1.82) is 0 Å². The molecule has 2 unspecified atom stereocenters. The Morgan fingerprint density at radius 3 is 2.79 bits per heavy atom. The van der Waals surface area contributed by atoms with Crippen molar-refractivity contribution < 1.29 is 19.0 Å². The topological polar surface area (TPSA) is 49.8 Å². The molecule has 2 rings (SSSR count). The SMILES string of the molecule is COc1ccc(CN2CC(C)C(C(=O)O)C2)c(F)c1. The fourth-order valence-electron chi connectivity index (χ4n) is 2.54. The fourth-order valence-corrected chi connectivity index (χ4v) is 2.54. The van der Waals surface area contributed by atoms with E-state index in [1.54, 1.807) is 12.1 Å². The lowest BCUT2D eigenvalue weighted by Gasteiger charge is -2.16. The molecule has 0 spiro atoms. The number of likely N-dealkylation sites (tertiary alicyclic amines) is 1. The third-order valence-electron chi connectivity index (χ3n) is 3.66. The number of carbonyl (C=O) groups is 1. The van der Waals surface area contributed by atoms with Gasteiger partial charge in [-0.25, -0.2) is 4.39 Å². The van der Waals surface area contributed by atoms with Crippen LogP contribution in [0, 0.1) is 17.7 Å². The summed E-state index contributed by atoms with van der Waals surface area (Å²) >= 11 is 0. The van der Waals surface area contributed by atoms with E-state index in [9.17, 15) is 9.18 Å². The van der Waals surface area contributed by atoms with Crippen LogP contribution < -0.4 is 4.74 Å². The van der Waals surface area contributed by atoms with E-state index in [0.717, 1.165) is 0 Å². The number of hydrogen-bond acceptors (Lipinski definition) is 3. The Hall–Kier alpha value is -1.62. The lowest BCUT2D eigenvalue weighted by Crippen LogP contribution is -2.23. The quantitative estimate of drug-likeness (QED) is 0.906. The van der Waals surface area contributed by atoms with Gasteiger partial charge in [-0.3, -0.25) is 9.69 Å². The molecule has 1 aliphatic heterocycles. The summed E-state index contributed by atoms with van der Waals surface area (Å²) in [6, 6.07) is 4.75. The second-order valence-electron chi connectivity index (χ2n) is 5.07. The second-order valence-corrected chi connectivity index (χ2v) is 5.07. The number of halogens is 1. The number of benzene rings is 1. The van der Waals surface area contributed by atoms with Gasteiger partial charge in [-0.15, -0.1) is 0 Å². The number of carboxylic acids is 1. The number of aliphatic carboxylic acids is 1. The average molecular weight is 267 g/mol. The van der Waals surface area contributed by atoms with Gasteiger partial charge in [-0.2, -0.15) is 0 Å². The Kier molecular flexibility index (Phi) is 4.04. The largest absolute Gasteiger partial charge is 0.497 e. The average Bonchev–Trinajstić information content (AvgIpc) is 2.73. The van der Waals surface area contributed by atoms with Crippen LogP contribution in [-0.2, 0) is 11.3 Å². The summed E-state index contributed by atoms with van der Waals surface area (Å²) in [6.45, 7) is 3.51. The van der Waals surface area contributed by atoms with Crippen molar-refractivity contribution in [2.75, 3.05) is 20.2 Å². The van der Waals surface area contributed by atoms with Crippen molar-refractivity contribution in [1.82, 2.24) is 4.90 Å². The van der Waals surface area contributed by atoms with Gasteiger partial charge in [-0.05, 0) is 12.0 Å². The van der Waals surface area contributed by atoms with Crippen LogP contribution in [-0.4, -0.2) is 36.2 Å². The van der Waals surface area contributed by atoms with E-state index in [1.165, 1.54) is 13.2 Å². The Morgan fingerprint density at radius 2 is 2.26 bits per heavy atom. The molecule has 4 nitrogen and oxygen atoms in total. The van der Waals surface area contributed by atoms with Gasteiger partial charge in [0.25, 0.3) is 0 Å². The molecule has 0 aromatic heterocycles. The molecule has 1 heterocycles. The molecule has 1 N–H and O–H groups in total. The highest BCUT2D eigenvalue weighted by Gasteiger charge is 2.34. The van der Waals surface area contributed by atoms with E-state index in [-0.39, 0.29) is 17.7 Å². The number of methoxy groups -OCH3 is 1. The maximum absolute atomic E-state index is 13.8. The predicted molar refractivity (Wildman–Crippen MR) is 68.5 cm³/mol. The van der Waals surface area contributed by atoms with Gasteiger partial charge in [0.2, 0.25) is 0 Å². The second kappa shape index (κ2) is 5.57. The molecular weight excluding hydrogens is 249 g/mol. The van der Waals surface area contributed by atoms with E-state index in [2.05, 4.69) is 0 Å². The maximum atomic E-state index is 13.8. The van der Waals surface area contributed by atoms with E-state index < -0.39 is 5.97 Å². The standard InChI is InChI=1S/C14H18FNO3/c1-9-6-16(8-12(9)14(17)18)7-10-3-4-11(19-2)5-13(10)15/h3-5,9,12H,6-8H2,1-2H3,(H,17,18). The van der Waals surface area contributed by atoms with Crippen molar-refractivity contribution in [3.63, 3.8) is 0 Å². The van der Waals surface area contributed by atoms with E-state index >= 15 is 0 Å². The monoisotopic (exact) mass is 267 g/mol. The van der Waals surface area contributed by atoms with Gasteiger partial charge >= 0.3 is 5.97 Å². The van der Waals surface area contributed by atoms with Crippen molar-refractivity contribution in [3.05, 3.63) is 29.6 Å². The van der Waals surface area contributed by atoms with Crippen LogP contribution in [0.5, 0.6) is 5.75 Å². The number of carboxylic acid groups (broad SMARTS) is 1. The molecule has 1 fully saturated rings. The molecule has 0 saturated carbocycles. The Bertz CT molecular complexity index is 478. The van der Waals surface area contributed by atoms with Gasteiger partial charge in [-0.1, -0.05) is 13.0 Å². The zero-order valence-corrected chi connectivity index (χ0v) is 11.1. The van der Waals surface area contributed by atoms with Crippen LogP contribution in [0.15, 0.2) is 18.2 Å². The maximum Gasteiger partial charge on any atom is 0.308 e. The minimum Gasteiger partial charge on any atom is -0.497 e. The minimum absolute atomic E-state index is 0.0961. The van der Waals surface area contributed by atoms with Gasteiger partial charge < -0.3 is 9.84 Å². The zero-order valence-electron chi connectivity index (χ0n) is 11.1. The summed E-state index contributed by atoms with van der Waals surface area (Å²) in [5.41, 5.74) is 0.569. The first-order chi connectivity index (χ1) is 9.01. The molecule has 104 valence electrons. The molecule has 19 heavy (non-hydrogen) atoms. The number of hydrogen-bond donors (Lipinski definition) is 1. The summed E-state index contributed by atoms with van der Waals surface area (Å²) in [6.07, 6.45) is 0. The molecule has 1 saturated heterocycles. The molecule has 0 aliphatic carbocycles. The molecule has 5 heteroatoms. The van der Waals surface area contributed by atoms with Gasteiger partial charge in [0.1, 0.15) is 11.6 Å². The normalized spacial score (nSPS) is 23.5. The molecule has 1 aromatic carbocycles. The Balaban J connectivity index is 2.04. The van der Waals surface area contributed by atoms with E-state index in [4.69, 9.17) is 9.84 Å². The van der Waals surface area contributed by atoms with Crippen LogP contribution in [0.3, 0.4) is 0 Å². The molecule has 0 radical (unpaired) electrons. The highest BCUT2D eigenvalue weighted by Crippen LogP contribution is 2.26. The third-order valence-corrected chi connectivity index (χ3v) is 3.66. The van der Waals surface area contributed by atoms with Crippen LogP contribution in [0.1, 0.15) is 12.5 Å². The highest BCUT2D eigenvalue weighted by molar-refractivity contribution is 5.71. The first kappa shape index (κ1) is 13.8. The molecule has 2 atom stereocenters. The summed E-state index contributed by atoms with van der Waals surface area (Å²) in [5, 5.41) is 9.07. The van der Waals surface area contributed by atoms with Gasteiger partial charge in [0, 0.05) is 31.3 Å². The molecule has 0 amide bonds. The Morgan fingerprint density at radius 1 is 1.53 bits per heavy atom. The van der Waals surface area contributed by atoms with Crippen LogP contribution in [0.25, 0.3) is 0 Å². The lowest BCUT2D eigenvalue weighted by molar-refractivity contribution is -0.142. The van der Waals surface area contributed by atoms with Crippen LogP contribution >= 0.6 is 0 Å². The lowest BCUT2D eigenvalue weighted by atomic mass is 9.99. The number of nitrogens with zero attached hydrogens (tertiary/aromatic N) is 1. The molecular formula is C14H18FNO3. The van der Waals surface area contributed by atoms with Crippen molar-refractivity contribution in [3.8, 4) is 5.75 Å². The van der Waals surface area contributed by atoms with Gasteiger partial charge in [0.05, 0.1) is 13.0 Å². The predicted octanol–water partition coefficient (Wildman–Crippen LogP) is 1.99. The Labute approximate surface area is 111 Å². The molecule has 1 aromatic rings. The van der Waals surface area contributed by atoms with Gasteiger partial charge in [0.15, 0.2) is 0 Å². The molecule has 1 aliphatic rings. The third kappa shape index (κ3) is 3.04. The van der Waals surface area contributed by atoms with E-state index in [0.29, 0.717) is 30.9 Å². The zero-order chi connectivity index (χ0) is 14.0. The van der Waals surface area contributed by atoms with Crippen LogP contribution in [0.4, 0.5) is 4.39 Å². The van der Waals surface area contributed by atoms with Crippen LogP contribution in [0.2, 0.25) is 0 Å². The number of rotatable bonds is 4. The fraction of sp³-hybridized carbons (Fsp3) is 0.500. The van der Waals surface area contributed by atoms with Crippen molar-refractivity contribution in [2.45, 2.75) is 13.5 Å². The summed E-state index contributed by atoms with van der Waals surface area (Å²) in [7, 11) is 1.49. The van der Waals surface area contributed by atoms with E-state index in [1.807, 2.05) is 11.8 Å². The first-order valence-electron chi connectivity index (χ1n) is 6.29. The number of ether oxygens (including phenoxy) is 1. The first-order valence-corrected chi connectivity index (χ1v) is 6.29. The smallest absolute Gasteiger partial charge is 0.308 e. The van der Waals surface area contributed by atoms with Crippen molar-refractivity contribution in [2.24, 2.45) is 11.8 Å². The minimum atomic E-state index is -0.773. The summed E-state index contributed by atoms with van der Waals surface area (Å²) < 4.78 is 18.8.